The van der Waals surface area contributed by atoms with E-state index in [4.69, 9.17) is 23.7 Å². The van der Waals surface area contributed by atoms with Crippen molar-refractivity contribution < 1.29 is 38.4 Å². The largest absolute Gasteiger partial charge is 0.443 e. The predicted octanol–water partition coefficient (Wildman–Crippen LogP) is 3.52. The Labute approximate surface area is 209 Å². The molecule has 4 rings (SSSR count). The molecule has 1 unspecified atom stereocenters. The molecule has 4 heterocycles. The molecule has 0 spiro atoms. The highest BCUT2D eigenvalue weighted by Gasteiger charge is 2.56. The molecule has 2 aliphatic rings. The summed E-state index contributed by atoms with van der Waals surface area (Å²) in [7, 11) is 0. The number of ether oxygens (including phenoxy) is 5. The van der Waals surface area contributed by atoms with Gasteiger partial charge in [-0.3, -0.25) is 0 Å². The number of hydrogen-bond acceptors (Lipinski definition) is 10. The number of aliphatic hydroxyl groups excluding tert-OH is 1. The SMILES string of the molecule is CC(C)(C)OC(=O)N(C(=O)OC(C)(C)C)c1ncnc2c1ccn2[C@@H]1O[C@H](CO)[C@H]2OC(C)(C)OC12. The number of aromatic nitrogens is 3. The first-order chi connectivity index (χ1) is 16.6. The number of rotatable bonds is 3. The van der Waals surface area contributed by atoms with Crippen LogP contribution in [0.1, 0.15) is 61.6 Å². The fraction of sp³-hybridized carbons (Fsp3) is 0.667. The normalized spacial score (nSPS) is 25.6. The van der Waals surface area contributed by atoms with E-state index in [-0.39, 0.29) is 12.4 Å². The van der Waals surface area contributed by atoms with Crippen LogP contribution in [0.5, 0.6) is 0 Å². The van der Waals surface area contributed by atoms with Gasteiger partial charge in [0.05, 0.1) is 12.0 Å². The number of anilines is 1. The molecule has 2 fully saturated rings. The molecule has 0 radical (unpaired) electrons. The summed E-state index contributed by atoms with van der Waals surface area (Å²) in [6.45, 7) is 13.5. The molecule has 12 heteroatoms. The zero-order valence-corrected chi connectivity index (χ0v) is 21.8. The number of amides is 2. The molecule has 2 aliphatic heterocycles. The quantitative estimate of drug-likeness (QED) is 0.659. The topological polar surface area (TPSA) is 134 Å². The van der Waals surface area contributed by atoms with Gasteiger partial charge in [-0.2, -0.15) is 4.90 Å². The van der Waals surface area contributed by atoms with E-state index in [0.29, 0.717) is 11.0 Å². The van der Waals surface area contributed by atoms with E-state index in [0.717, 1.165) is 4.90 Å². The van der Waals surface area contributed by atoms with Crippen molar-refractivity contribution >= 4 is 29.0 Å². The van der Waals surface area contributed by atoms with Gasteiger partial charge in [0.15, 0.2) is 17.8 Å². The van der Waals surface area contributed by atoms with Gasteiger partial charge in [-0.05, 0) is 61.5 Å². The first kappa shape index (κ1) is 26.3. The van der Waals surface area contributed by atoms with Crippen LogP contribution in [0.25, 0.3) is 11.0 Å². The van der Waals surface area contributed by atoms with Gasteiger partial charge in [0.25, 0.3) is 0 Å². The third-order valence-electron chi connectivity index (χ3n) is 5.43. The Morgan fingerprint density at radius 3 is 2.19 bits per heavy atom. The third-order valence-corrected chi connectivity index (χ3v) is 5.43. The Morgan fingerprint density at radius 2 is 1.64 bits per heavy atom. The number of carbonyl (C=O) groups excluding carboxylic acids is 2. The van der Waals surface area contributed by atoms with E-state index in [9.17, 15) is 14.7 Å². The van der Waals surface area contributed by atoms with Gasteiger partial charge in [-0.15, -0.1) is 0 Å². The van der Waals surface area contributed by atoms with Crippen molar-refractivity contribution in [2.24, 2.45) is 0 Å². The molecule has 2 saturated heterocycles. The maximum atomic E-state index is 13.1. The average Bonchev–Trinajstić information content (AvgIpc) is 3.36. The Hall–Kier alpha value is -2.80. The highest BCUT2D eigenvalue weighted by Crippen LogP contribution is 2.44. The fourth-order valence-corrected chi connectivity index (χ4v) is 4.23. The molecular weight excluding hydrogens is 472 g/mol. The van der Waals surface area contributed by atoms with Crippen LogP contribution in [-0.2, 0) is 23.7 Å². The lowest BCUT2D eigenvalue weighted by molar-refractivity contribution is -0.199. The van der Waals surface area contributed by atoms with Gasteiger partial charge in [-0.1, -0.05) is 0 Å². The molecule has 0 saturated carbocycles. The number of carbonyl (C=O) groups is 2. The van der Waals surface area contributed by atoms with E-state index in [1.54, 1.807) is 72.2 Å². The summed E-state index contributed by atoms with van der Waals surface area (Å²) >= 11 is 0. The summed E-state index contributed by atoms with van der Waals surface area (Å²) in [5, 5.41) is 10.2. The van der Waals surface area contributed by atoms with Crippen LogP contribution in [0.3, 0.4) is 0 Å². The van der Waals surface area contributed by atoms with Crippen molar-refractivity contribution in [2.75, 3.05) is 11.5 Å². The van der Waals surface area contributed by atoms with Crippen LogP contribution in [0.4, 0.5) is 15.4 Å². The smallest absolute Gasteiger partial charge is 0.425 e. The second-order valence-corrected chi connectivity index (χ2v) is 11.3. The lowest BCUT2D eigenvalue weighted by Crippen LogP contribution is -2.44. The molecule has 2 amide bonds. The van der Waals surface area contributed by atoms with E-state index in [1.807, 2.05) is 0 Å². The lowest BCUT2D eigenvalue weighted by atomic mass is 10.1. The predicted molar refractivity (Wildman–Crippen MR) is 127 cm³/mol. The molecule has 4 atom stereocenters. The van der Waals surface area contributed by atoms with Gasteiger partial charge in [0.1, 0.15) is 41.5 Å². The highest BCUT2D eigenvalue weighted by molar-refractivity contribution is 6.13. The number of fused-ring (bicyclic) bond motifs is 2. The molecule has 36 heavy (non-hydrogen) atoms. The number of nitrogens with zero attached hydrogens (tertiary/aromatic N) is 4. The van der Waals surface area contributed by atoms with Crippen LogP contribution < -0.4 is 4.90 Å². The zero-order chi connectivity index (χ0) is 26.6. The number of aliphatic hydroxyl groups is 1. The van der Waals surface area contributed by atoms with Crippen molar-refractivity contribution in [3.8, 4) is 0 Å². The molecule has 0 bridgehead atoms. The van der Waals surface area contributed by atoms with E-state index in [2.05, 4.69) is 9.97 Å². The van der Waals surface area contributed by atoms with Gasteiger partial charge < -0.3 is 33.4 Å². The maximum absolute atomic E-state index is 13.1. The maximum Gasteiger partial charge on any atom is 0.425 e. The van der Waals surface area contributed by atoms with Gasteiger partial charge in [0, 0.05) is 6.20 Å². The summed E-state index contributed by atoms with van der Waals surface area (Å²) in [5.74, 6) is -0.850. The monoisotopic (exact) mass is 506 g/mol. The zero-order valence-electron chi connectivity index (χ0n) is 21.8. The Kier molecular flexibility index (Phi) is 6.53. The molecule has 2 aromatic heterocycles. The Balaban J connectivity index is 1.76. The Morgan fingerprint density at radius 1 is 1.06 bits per heavy atom. The van der Waals surface area contributed by atoms with Gasteiger partial charge >= 0.3 is 12.2 Å². The van der Waals surface area contributed by atoms with Crippen molar-refractivity contribution in [2.45, 2.75) is 96.9 Å². The molecule has 1 N–H and O–H groups in total. The fourth-order valence-electron chi connectivity index (χ4n) is 4.23. The number of hydrogen-bond donors (Lipinski definition) is 1. The van der Waals surface area contributed by atoms with Crippen LogP contribution in [-0.4, -0.2) is 73.7 Å². The van der Waals surface area contributed by atoms with Crippen molar-refractivity contribution in [3.05, 3.63) is 18.6 Å². The van der Waals surface area contributed by atoms with E-state index >= 15 is 0 Å². The summed E-state index contributed by atoms with van der Waals surface area (Å²) in [6, 6.07) is 1.66. The van der Waals surface area contributed by atoms with Crippen molar-refractivity contribution in [3.63, 3.8) is 0 Å². The second kappa shape index (κ2) is 8.94. The minimum atomic E-state index is -0.934. The second-order valence-electron chi connectivity index (χ2n) is 11.3. The molecule has 12 nitrogen and oxygen atoms in total. The molecule has 0 aromatic carbocycles. The van der Waals surface area contributed by atoms with Gasteiger partial charge in [0.2, 0.25) is 0 Å². The summed E-state index contributed by atoms with van der Waals surface area (Å²) in [6.07, 6.45) is -1.20. The summed E-state index contributed by atoms with van der Waals surface area (Å²) in [5.41, 5.74) is -1.35. The highest BCUT2D eigenvalue weighted by atomic mass is 16.8. The molecule has 0 aliphatic carbocycles. The molecular formula is C24H34N4O8. The minimum absolute atomic E-state index is 0.000532. The van der Waals surface area contributed by atoms with Crippen molar-refractivity contribution in [1.29, 1.82) is 0 Å². The van der Waals surface area contributed by atoms with Crippen LogP contribution >= 0.6 is 0 Å². The standard InChI is InChI=1S/C24H34N4O8/c1-22(2,3)35-20(30)28(21(31)36-23(4,5)6)18-13-9-10-27(17(13)25-12-26-18)19-16-15(14(11-29)32-19)33-24(7,8)34-16/h9-10,12,14-16,19,29H,11H2,1-8H3/t14-,15-,16?,19-/m1/s1. The van der Waals surface area contributed by atoms with Crippen LogP contribution in [0, 0.1) is 0 Å². The molecule has 198 valence electrons. The average molecular weight is 507 g/mol. The Bertz CT molecular complexity index is 1120. The van der Waals surface area contributed by atoms with Crippen molar-refractivity contribution in [1.82, 2.24) is 14.5 Å². The first-order valence-corrected chi connectivity index (χ1v) is 11.8. The number of imide groups is 1. The summed E-state index contributed by atoms with van der Waals surface area (Å²) < 4.78 is 30.8. The van der Waals surface area contributed by atoms with E-state index in [1.165, 1.54) is 6.33 Å². The van der Waals surface area contributed by atoms with E-state index < -0.39 is 53.7 Å². The lowest BCUT2D eigenvalue weighted by Gasteiger charge is -2.28. The van der Waals surface area contributed by atoms with Crippen LogP contribution in [0.2, 0.25) is 0 Å². The first-order valence-electron chi connectivity index (χ1n) is 11.8. The van der Waals surface area contributed by atoms with Crippen LogP contribution in [0.15, 0.2) is 18.6 Å². The summed E-state index contributed by atoms with van der Waals surface area (Å²) in [4.78, 5) is 35.7. The third kappa shape index (κ3) is 5.17. The van der Waals surface area contributed by atoms with Gasteiger partial charge in [-0.25, -0.2) is 19.6 Å². The molecule has 2 aromatic rings. The minimum Gasteiger partial charge on any atom is -0.443 e.